The summed E-state index contributed by atoms with van der Waals surface area (Å²) in [5.41, 5.74) is 0.267. The van der Waals surface area contributed by atoms with E-state index in [0.29, 0.717) is 12.1 Å². The minimum atomic E-state index is -0.529. The molecule has 1 aromatic heterocycles. The van der Waals surface area contributed by atoms with Gasteiger partial charge in [0.05, 0.1) is 6.10 Å². The Morgan fingerprint density at radius 3 is 2.55 bits per heavy atom. The quantitative estimate of drug-likeness (QED) is 0.776. The first-order valence-electron chi connectivity index (χ1n) is 7.45. The topological polar surface area (TPSA) is 83.4 Å². The number of carbonyl (C=O) groups is 1. The highest BCUT2D eigenvalue weighted by atomic mass is 16.3. The molecule has 6 heteroatoms. The smallest absolute Gasteiger partial charge is 0.319 e. The van der Waals surface area contributed by atoms with Crippen molar-refractivity contribution in [3.63, 3.8) is 0 Å². The van der Waals surface area contributed by atoms with Gasteiger partial charge in [0.25, 0.3) is 5.56 Å². The van der Waals surface area contributed by atoms with Crippen LogP contribution in [-0.2, 0) is 7.05 Å². The Hall–Kier alpha value is -1.82. The van der Waals surface area contributed by atoms with Crippen LogP contribution in [0.15, 0.2) is 17.1 Å². The Kier molecular flexibility index (Phi) is 5.77. The predicted octanol–water partition coefficient (Wildman–Crippen LogP) is 1.86. The van der Waals surface area contributed by atoms with Crippen molar-refractivity contribution in [3.05, 3.63) is 28.2 Å². The Morgan fingerprint density at radius 1 is 1.41 bits per heavy atom. The molecule has 0 aliphatic carbocycles. The number of hydrogen-bond donors (Lipinski definition) is 3. The number of aryl methyl sites for hydroxylation is 2. The summed E-state index contributed by atoms with van der Waals surface area (Å²) in [6.07, 6.45) is 1.13. The van der Waals surface area contributed by atoms with E-state index in [2.05, 4.69) is 10.6 Å². The number of aromatic nitrogens is 1. The molecule has 1 atom stereocenters. The summed E-state index contributed by atoms with van der Waals surface area (Å²) in [5.74, 6) is 0.100. The highest BCUT2D eigenvalue weighted by Crippen LogP contribution is 2.25. The number of urea groups is 1. The van der Waals surface area contributed by atoms with Crippen LogP contribution in [0, 0.1) is 18.3 Å². The second-order valence-electron chi connectivity index (χ2n) is 6.77. The van der Waals surface area contributed by atoms with Crippen LogP contribution in [-0.4, -0.2) is 28.4 Å². The van der Waals surface area contributed by atoms with Crippen LogP contribution >= 0.6 is 0 Å². The van der Waals surface area contributed by atoms with Gasteiger partial charge in [-0.1, -0.05) is 27.7 Å². The van der Waals surface area contributed by atoms with Crippen LogP contribution in [0.25, 0.3) is 0 Å². The number of carbonyl (C=O) groups excluding carboxylic acids is 1. The first-order chi connectivity index (χ1) is 10.1. The summed E-state index contributed by atoms with van der Waals surface area (Å²) < 4.78 is 1.41. The van der Waals surface area contributed by atoms with E-state index in [0.717, 1.165) is 0 Å². The zero-order chi connectivity index (χ0) is 17.1. The number of hydrogen-bond acceptors (Lipinski definition) is 3. The van der Waals surface area contributed by atoms with Gasteiger partial charge in [-0.3, -0.25) is 4.79 Å². The molecule has 0 fully saturated rings. The number of nitrogens with one attached hydrogen (secondary N) is 2. The molecule has 6 nitrogen and oxygen atoms in total. The summed E-state index contributed by atoms with van der Waals surface area (Å²) in [6, 6.07) is 1.32. The highest BCUT2D eigenvalue weighted by molar-refractivity contribution is 5.89. The van der Waals surface area contributed by atoms with Gasteiger partial charge in [-0.2, -0.15) is 0 Å². The fraction of sp³-hybridized carbons (Fsp3) is 0.625. The van der Waals surface area contributed by atoms with Crippen molar-refractivity contribution in [2.45, 2.75) is 40.7 Å². The molecular formula is C16H27N3O3. The van der Waals surface area contributed by atoms with Crippen molar-refractivity contribution in [2.75, 3.05) is 11.9 Å². The fourth-order valence-corrected chi connectivity index (χ4v) is 2.34. The lowest BCUT2D eigenvalue weighted by atomic mass is 9.81. The zero-order valence-electron chi connectivity index (χ0n) is 14.2. The Balaban J connectivity index is 2.73. The number of aliphatic hydroxyl groups excluding tert-OH is 1. The molecule has 0 bridgehead atoms. The minimum Gasteiger partial charge on any atom is -0.392 e. The molecule has 2 amide bonds. The fourth-order valence-electron chi connectivity index (χ4n) is 2.34. The van der Waals surface area contributed by atoms with Gasteiger partial charge < -0.3 is 20.3 Å². The lowest BCUT2D eigenvalue weighted by Gasteiger charge is -2.33. The van der Waals surface area contributed by atoms with E-state index in [1.807, 2.05) is 27.7 Å². The number of amides is 2. The van der Waals surface area contributed by atoms with Crippen LogP contribution in [0.1, 0.15) is 33.3 Å². The van der Waals surface area contributed by atoms with E-state index >= 15 is 0 Å². The van der Waals surface area contributed by atoms with E-state index in [1.54, 1.807) is 26.2 Å². The predicted molar refractivity (Wildman–Crippen MR) is 88.1 cm³/mol. The van der Waals surface area contributed by atoms with Gasteiger partial charge in [-0.25, -0.2) is 4.79 Å². The third kappa shape index (κ3) is 4.34. The zero-order valence-corrected chi connectivity index (χ0v) is 14.2. The molecule has 1 unspecified atom stereocenters. The van der Waals surface area contributed by atoms with Crippen molar-refractivity contribution in [1.82, 2.24) is 9.88 Å². The van der Waals surface area contributed by atoms with E-state index in [9.17, 15) is 14.7 Å². The molecule has 0 aliphatic heterocycles. The van der Waals surface area contributed by atoms with E-state index in [1.165, 1.54) is 4.57 Å². The Labute approximate surface area is 131 Å². The molecule has 1 rings (SSSR count). The molecule has 3 N–H and O–H groups in total. The third-order valence-electron chi connectivity index (χ3n) is 3.85. The summed E-state index contributed by atoms with van der Waals surface area (Å²) in [6.45, 7) is 9.73. The van der Waals surface area contributed by atoms with Gasteiger partial charge in [-0.05, 0) is 24.5 Å². The van der Waals surface area contributed by atoms with Crippen LogP contribution in [0.5, 0.6) is 0 Å². The van der Waals surface area contributed by atoms with Crippen molar-refractivity contribution in [3.8, 4) is 0 Å². The number of rotatable bonds is 5. The van der Waals surface area contributed by atoms with Crippen molar-refractivity contribution >= 4 is 11.7 Å². The number of anilines is 1. The van der Waals surface area contributed by atoms with Gasteiger partial charge >= 0.3 is 6.03 Å². The van der Waals surface area contributed by atoms with Crippen LogP contribution in [0.3, 0.4) is 0 Å². The molecule has 1 heterocycles. The first-order valence-corrected chi connectivity index (χ1v) is 7.45. The number of aliphatic hydroxyl groups is 1. The highest BCUT2D eigenvalue weighted by Gasteiger charge is 2.30. The standard InChI is InChI=1S/C16H27N3O3/c1-10(2)13(20)16(4,5)9-17-15(22)18-12-11(3)7-8-19(6)14(12)21/h7-8,10,13,20H,9H2,1-6H3,(H2,17,18,22). The Bertz CT molecular complexity index is 591. The lowest BCUT2D eigenvalue weighted by Crippen LogP contribution is -2.45. The summed E-state index contributed by atoms with van der Waals surface area (Å²) in [5, 5.41) is 15.5. The average molecular weight is 309 g/mol. The minimum absolute atomic E-state index is 0.100. The molecule has 0 spiro atoms. The van der Waals surface area contributed by atoms with Gasteiger partial charge in [0.1, 0.15) is 5.69 Å². The molecular weight excluding hydrogens is 282 g/mol. The number of pyridine rings is 1. The molecule has 22 heavy (non-hydrogen) atoms. The molecule has 0 radical (unpaired) electrons. The normalized spacial score (nSPS) is 13.1. The van der Waals surface area contributed by atoms with Crippen LogP contribution in [0.4, 0.5) is 10.5 Å². The second-order valence-corrected chi connectivity index (χ2v) is 6.77. The van der Waals surface area contributed by atoms with Gasteiger partial charge in [0.15, 0.2) is 0 Å². The molecule has 0 aromatic carbocycles. The molecule has 0 saturated heterocycles. The monoisotopic (exact) mass is 309 g/mol. The summed E-state index contributed by atoms with van der Waals surface area (Å²) in [4.78, 5) is 24.0. The maximum absolute atomic E-state index is 12.0. The summed E-state index contributed by atoms with van der Waals surface area (Å²) >= 11 is 0. The Morgan fingerprint density at radius 2 is 2.00 bits per heavy atom. The van der Waals surface area contributed by atoms with Crippen molar-refractivity contribution < 1.29 is 9.90 Å². The molecule has 0 saturated carbocycles. The van der Waals surface area contributed by atoms with Gasteiger partial charge in [-0.15, -0.1) is 0 Å². The number of nitrogens with zero attached hydrogens (tertiary/aromatic N) is 1. The average Bonchev–Trinajstić information content (AvgIpc) is 2.44. The van der Waals surface area contributed by atoms with Crippen molar-refractivity contribution in [1.29, 1.82) is 0 Å². The first kappa shape index (κ1) is 18.2. The van der Waals surface area contributed by atoms with Gasteiger partial charge in [0, 0.05) is 25.2 Å². The SMILES string of the molecule is Cc1ccn(C)c(=O)c1NC(=O)NCC(C)(C)C(O)C(C)C. The van der Waals surface area contributed by atoms with E-state index in [-0.39, 0.29) is 17.2 Å². The van der Waals surface area contributed by atoms with Crippen molar-refractivity contribution in [2.24, 2.45) is 18.4 Å². The van der Waals surface area contributed by atoms with E-state index in [4.69, 9.17) is 0 Å². The van der Waals surface area contributed by atoms with E-state index < -0.39 is 17.6 Å². The molecule has 124 valence electrons. The van der Waals surface area contributed by atoms with Crippen LogP contribution < -0.4 is 16.2 Å². The molecule has 0 aliphatic rings. The lowest BCUT2D eigenvalue weighted by molar-refractivity contribution is 0.0154. The second kappa shape index (κ2) is 6.96. The summed E-state index contributed by atoms with van der Waals surface area (Å²) in [7, 11) is 1.63. The largest absolute Gasteiger partial charge is 0.392 e. The maximum atomic E-state index is 12.0. The maximum Gasteiger partial charge on any atom is 0.319 e. The third-order valence-corrected chi connectivity index (χ3v) is 3.85. The van der Waals surface area contributed by atoms with Crippen LogP contribution in [0.2, 0.25) is 0 Å². The van der Waals surface area contributed by atoms with Gasteiger partial charge in [0.2, 0.25) is 0 Å². The molecule has 1 aromatic rings.